The molecule has 1 amide bonds. The first-order chi connectivity index (χ1) is 15.6. The molecule has 1 fully saturated rings. The van der Waals surface area contributed by atoms with E-state index in [2.05, 4.69) is 25.4 Å². The zero-order valence-electron chi connectivity index (χ0n) is 18.4. The van der Waals surface area contributed by atoms with Crippen molar-refractivity contribution in [2.75, 3.05) is 43.4 Å². The lowest BCUT2D eigenvalue weighted by Crippen LogP contribution is -2.52. The maximum Gasteiger partial charge on any atom is 0.291 e. The van der Waals surface area contributed by atoms with Crippen molar-refractivity contribution in [3.05, 3.63) is 78.3 Å². The van der Waals surface area contributed by atoms with E-state index in [0.29, 0.717) is 18.0 Å². The molecule has 3 N–H and O–H groups in total. The number of phenols is 1. The van der Waals surface area contributed by atoms with Crippen molar-refractivity contribution in [1.82, 2.24) is 10.2 Å². The Kier molecular flexibility index (Phi) is 8.58. The number of nitrogens with zero attached hydrogens (tertiary/aromatic N) is 3. The molecule has 9 heteroatoms. The van der Waals surface area contributed by atoms with Crippen molar-refractivity contribution in [2.45, 2.75) is 6.54 Å². The van der Waals surface area contributed by atoms with E-state index in [0.717, 1.165) is 43.4 Å². The quantitative estimate of drug-likeness (QED) is 0.250. The van der Waals surface area contributed by atoms with Crippen molar-refractivity contribution >= 4 is 47.2 Å². The number of aromatic hydroxyl groups is 1. The van der Waals surface area contributed by atoms with E-state index in [9.17, 15) is 9.90 Å². The molecule has 0 saturated carbocycles. The average Bonchev–Trinajstić information content (AvgIpc) is 3.37. The standard InChI is InChI=1S/C24H27N5O3.HI/c1-25-24(29-14-12-28(13-15-29)20-5-2-3-6-21(20)30)26-17-18-8-10-19(11-9-18)27-23(31)22-7-4-16-32-22;/h2-11,16,30H,12-15,17H2,1H3,(H,25,26)(H,27,31);1H. The lowest BCUT2D eigenvalue weighted by Gasteiger charge is -2.37. The number of amides is 1. The van der Waals surface area contributed by atoms with Crippen LogP contribution >= 0.6 is 24.0 Å². The summed E-state index contributed by atoms with van der Waals surface area (Å²) in [7, 11) is 1.78. The van der Waals surface area contributed by atoms with Crippen LogP contribution in [0.25, 0.3) is 0 Å². The summed E-state index contributed by atoms with van der Waals surface area (Å²) < 4.78 is 5.11. The number of nitrogens with one attached hydrogen (secondary N) is 2. The molecule has 8 nitrogen and oxygen atoms in total. The number of anilines is 2. The van der Waals surface area contributed by atoms with Crippen molar-refractivity contribution in [3.8, 4) is 5.75 Å². The predicted molar refractivity (Wildman–Crippen MR) is 141 cm³/mol. The summed E-state index contributed by atoms with van der Waals surface area (Å²) in [4.78, 5) is 20.9. The van der Waals surface area contributed by atoms with Crippen LogP contribution in [0.5, 0.6) is 5.75 Å². The Morgan fingerprint density at radius 3 is 2.39 bits per heavy atom. The third kappa shape index (κ3) is 6.19. The van der Waals surface area contributed by atoms with Crippen LogP contribution in [0.15, 0.2) is 76.3 Å². The third-order valence-corrected chi connectivity index (χ3v) is 5.42. The van der Waals surface area contributed by atoms with Crippen molar-refractivity contribution < 1.29 is 14.3 Å². The summed E-state index contributed by atoms with van der Waals surface area (Å²) in [5, 5.41) is 16.3. The summed E-state index contributed by atoms with van der Waals surface area (Å²) >= 11 is 0. The molecular formula is C24H28IN5O3. The van der Waals surface area contributed by atoms with Gasteiger partial charge in [0.2, 0.25) is 0 Å². The molecule has 4 rings (SSSR count). The molecule has 1 aliphatic rings. The van der Waals surface area contributed by atoms with E-state index in [1.54, 1.807) is 25.2 Å². The van der Waals surface area contributed by atoms with Crippen LogP contribution in [0.4, 0.5) is 11.4 Å². The van der Waals surface area contributed by atoms with Gasteiger partial charge in [-0.2, -0.15) is 0 Å². The minimum Gasteiger partial charge on any atom is -0.506 e. The van der Waals surface area contributed by atoms with Crippen LogP contribution < -0.4 is 15.5 Å². The lowest BCUT2D eigenvalue weighted by atomic mass is 10.2. The van der Waals surface area contributed by atoms with Gasteiger partial charge in [-0.1, -0.05) is 24.3 Å². The smallest absolute Gasteiger partial charge is 0.291 e. The lowest BCUT2D eigenvalue weighted by molar-refractivity contribution is 0.0996. The Morgan fingerprint density at radius 2 is 1.76 bits per heavy atom. The van der Waals surface area contributed by atoms with Crippen LogP contribution in [0.1, 0.15) is 16.1 Å². The molecule has 0 atom stereocenters. The van der Waals surface area contributed by atoms with Crippen LogP contribution in [0, 0.1) is 0 Å². The second-order valence-corrected chi connectivity index (χ2v) is 7.49. The van der Waals surface area contributed by atoms with E-state index >= 15 is 0 Å². The molecule has 2 aromatic carbocycles. The molecule has 1 saturated heterocycles. The monoisotopic (exact) mass is 561 g/mol. The number of furan rings is 1. The molecular weight excluding hydrogens is 533 g/mol. The number of phenolic OH excluding ortho intramolecular Hbond substituents is 1. The van der Waals surface area contributed by atoms with Gasteiger partial charge in [0, 0.05) is 45.5 Å². The van der Waals surface area contributed by atoms with Gasteiger partial charge in [0.25, 0.3) is 5.91 Å². The highest BCUT2D eigenvalue weighted by Crippen LogP contribution is 2.27. The number of aliphatic imine (C=N–C) groups is 1. The zero-order chi connectivity index (χ0) is 22.3. The Hall–Kier alpha value is -3.21. The number of piperazine rings is 1. The maximum atomic E-state index is 12.1. The number of halogens is 1. The maximum absolute atomic E-state index is 12.1. The molecule has 1 aromatic heterocycles. The fourth-order valence-corrected chi connectivity index (χ4v) is 3.71. The molecule has 2 heterocycles. The van der Waals surface area contributed by atoms with E-state index in [4.69, 9.17) is 4.42 Å². The molecule has 0 radical (unpaired) electrons. The molecule has 33 heavy (non-hydrogen) atoms. The highest BCUT2D eigenvalue weighted by atomic mass is 127. The number of benzene rings is 2. The number of hydrogen-bond donors (Lipinski definition) is 3. The fourth-order valence-electron chi connectivity index (χ4n) is 3.71. The number of carbonyl (C=O) groups excluding carboxylic acids is 1. The number of guanidine groups is 1. The first-order valence-electron chi connectivity index (χ1n) is 10.6. The number of hydrogen-bond acceptors (Lipinski definition) is 5. The van der Waals surface area contributed by atoms with Gasteiger partial charge < -0.3 is 30.0 Å². The highest BCUT2D eigenvalue weighted by Gasteiger charge is 2.21. The van der Waals surface area contributed by atoms with Gasteiger partial charge in [0.15, 0.2) is 11.7 Å². The minimum atomic E-state index is -0.274. The second-order valence-electron chi connectivity index (χ2n) is 7.49. The summed E-state index contributed by atoms with van der Waals surface area (Å²) in [6.45, 7) is 3.86. The van der Waals surface area contributed by atoms with Gasteiger partial charge >= 0.3 is 0 Å². The molecule has 0 spiro atoms. The number of rotatable bonds is 5. The van der Waals surface area contributed by atoms with Crippen molar-refractivity contribution in [3.63, 3.8) is 0 Å². The summed E-state index contributed by atoms with van der Waals surface area (Å²) in [5.41, 5.74) is 2.66. The van der Waals surface area contributed by atoms with Crippen LogP contribution in [-0.4, -0.2) is 55.1 Å². The van der Waals surface area contributed by atoms with Crippen LogP contribution in [0.3, 0.4) is 0 Å². The zero-order valence-corrected chi connectivity index (χ0v) is 20.7. The van der Waals surface area contributed by atoms with Gasteiger partial charge in [-0.25, -0.2) is 0 Å². The Labute approximate surface area is 210 Å². The fraction of sp³-hybridized carbons (Fsp3) is 0.250. The average molecular weight is 561 g/mol. The Balaban J connectivity index is 0.00000306. The Morgan fingerprint density at radius 1 is 1.03 bits per heavy atom. The van der Waals surface area contributed by atoms with Gasteiger partial charge in [0.05, 0.1) is 12.0 Å². The van der Waals surface area contributed by atoms with Gasteiger partial charge in [-0.3, -0.25) is 9.79 Å². The van der Waals surface area contributed by atoms with Crippen LogP contribution in [-0.2, 0) is 6.54 Å². The summed E-state index contributed by atoms with van der Waals surface area (Å²) in [6, 6.07) is 18.4. The Bertz CT molecular complexity index is 1060. The van der Waals surface area contributed by atoms with E-state index in [-0.39, 0.29) is 35.6 Å². The largest absolute Gasteiger partial charge is 0.506 e. The second kappa shape index (κ2) is 11.6. The normalized spacial score (nSPS) is 13.9. The van der Waals surface area contributed by atoms with E-state index in [1.165, 1.54) is 6.26 Å². The van der Waals surface area contributed by atoms with Gasteiger partial charge in [-0.05, 0) is 42.0 Å². The number of para-hydroxylation sites is 2. The van der Waals surface area contributed by atoms with E-state index < -0.39 is 0 Å². The molecule has 0 aliphatic carbocycles. The molecule has 1 aliphatic heterocycles. The first-order valence-corrected chi connectivity index (χ1v) is 10.6. The van der Waals surface area contributed by atoms with Gasteiger partial charge in [-0.15, -0.1) is 24.0 Å². The topological polar surface area (TPSA) is 93.3 Å². The van der Waals surface area contributed by atoms with Gasteiger partial charge in [0.1, 0.15) is 5.75 Å². The molecule has 0 unspecified atom stereocenters. The van der Waals surface area contributed by atoms with Crippen LogP contribution in [0.2, 0.25) is 0 Å². The minimum absolute atomic E-state index is 0. The summed E-state index contributed by atoms with van der Waals surface area (Å²) in [5.74, 6) is 1.16. The van der Waals surface area contributed by atoms with Crippen molar-refractivity contribution in [2.24, 2.45) is 4.99 Å². The molecule has 174 valence electrons. The predicted octanol–water partition coefficient (Wildman–Crippen LogP) is 3.75. The van der Waals surface area contributed by atoms with E-state index in [1.807, 2.05) is 42.5 Å². The number of carbonyl (C=O) groups is 1. The highest BCUT2D eigenvalue weighted by molar-refractivity contribution is 14.0. The SMILES string of the molecule is CN=C(NCc1ccc(NC(=O)c2ccco2)cc1)N1CCN(c2ccccc2O)CC1.I. The first kappa shape index (κ1) is 24.4. The van der Waals surface area contributed by atoms with Crippen molar-refractivity contribution in [1.29, 1.82) is 0 Å². The molecule has 0 bridgehead atoms. The summed E-state index contributed by atoms with van der Waals surface area (Å²) in [6.07, 6.45) is 1.47. The third-order valence-electron chi connectivity index (χ3n) is 5.42. The molecule has 3 aromatic rings.